The van der Waals surface area contributed by atoms with Crippen LogP contribution < -0.4 is 18.9 Å². The van der Waals surface area contributed by atoms with Gasteiger partial charge in [0.2, 0.25) is 0 Å². The summed E-state index contributed by atoms with van der Waals surface area (Å²) < 4.78 is 28.4. The molecule has 0 aromatic heterocycles. The molecule has 0 N–H and O–H groups in total. The quantitative estimate of drug-likeness (QED) is 0.367. The normalized spacial score (nSPS) is 15.4. The Morgan fingerprint density at radius 2 is 1.43 bits per heavy atom. The topological polar surface area (TPSA) is 49.4 Å². The maximum Gasteiger partial charge on any atom is 0.161 e. The van der Waals surface area contributed by atoms with Crippen molar-refractivity contribution in [1.29, 1.82) is 0 Å². The van der Waals surface area contributed by atoms with Crippen molar-refractivity contribution in [2.75, 3.05) is 41.5 Å². The number of hydrogen-bond donors (Lipinski definition) is 0. The van der Waals surface area contributed by atoms with Crippen molar-refractivity contribution >= 4 is 0 Å². The molecule has 1 aliphatic rings. The molecule has 186 valence electrons. The number of rotatable bonds is 11. The van der Waals surface area contributed by atoms with Crippen LogP contribution in [0.2, 0.25) is 0 Å². The summed E-state index contributed by atoms with van der Waals surface area (Å²) in [6.45, 7) is 3.22. The van der Waals surface area contributed by atoms with E-state index in [4.69, 9.17) is 23.7 Å². The Kier molecular flexibility index (Phi) is 8.50. The van der Waals surface area contributed by atoms with Crippen LogP contribution in [0.25, 0.3) is 0 Å². The fraction of sp³-hybridized carbons (Fsp3) is 0.379. The number of methoxy groups -OCH3 is 4. The van der Waals surface area contributed by atoms with Gasteiger partial charge in [-0.2, -0.15) is 0 Å². The molecule has 0 radical (unpaired) electrons. The van der Waals surface area contributed by atoms with E-state index < -0.39 is 0 Å². The Morgan fingerprint density at radius 1 is 0.743 bits per heavy atom. The summed E-state index contributed by atoms with van der Waals surface area (Å²) in [5, 5.41) is 0. The molecule has 0 saturated heterocycles. The van der Waals surface area contributed by atoms with Gasteiger partial charge >= 0.3 is 0 Å². The number of nitrogens with zero attached hydrogens (tertiary/aromatic N) is 1. The van der Waals surface area contributed by atoms with E-state index >= 15 is 0 Å². The zero-order valence-corrected chi connectivity index (χ0v) is 21.1. The van der Waals surface area contributed by atoms with Crippen LogP contribution in [0.5, 0.6) is 23.0 Å². The molecule has 3 aromatic rings. The summed E-state index contributed by atoms with van der Waals surface area (Å²) in [4.78, 5) is 2.46. The average Bonchev–Trinajstić information content (AvgIpc) is 2.91. The molecule has 0 fully saturated rings. The number of aryl methyl sites for hydroxylation is 1. The molecule has 0 saturated carbocycles. The second-order valence-electron chi connectivity index (χ2n) is 8.72. The van der Waals surface area contributed by atoms with Gasteiger partial charge < -0.3 is 23.7 Å². The molecule has 0 aliphatic carbocycles. The number of benzene rings is 3. The first-order chi connectivity index (χ1) is 17.1. The SMILES string of the molecule is COc1ccc(CCCN2Cc3cc(OC)c(OC)cc3C(OCc3ccccc3)C2)cc1OC. The molecule has 1 atom stereocenters. The lowest BCUT2D eigenvalue weighted by atomic mass is 9.95. The zero-order chi connectivity index (χ0) is 24.6. The van der Waals surface area contributed by atoms with E-state index in [1.165, 1.54) is 22.3 Å². The van der Waals surface area contributed by atoms with Gasteiger partial charge in [0.1, 0.15) is 0 Å². The number of fused-ring (bicyclic) bond motifs is 1. The molecular weight excluding hydrogens is 442 g/mol. The Morgan fingerprint density at radius 3 is 2.14 bits per heavy atom. The van der Waals surface area contributed by atoms with Gasteiger partial charge in [-0.05, 0) is 65.9 Å². The van der Waals surface area contributed by atoms with Gasteiger partial charge in [0.25, 0.3) is 0 Å². The fourth-order valence-electron chi connectivity index (χ4n) is 4.64. The van der Waals surface area contributed by atoms with Crippen molar-refractivity contribution in [3.8, 4) is 23.0 Å². The van der Waals surface area contributed by atoms with Crippen LogP contribution in [-0.4, -0.2) is 46.4 Å². The molecule has 1 unspecified atom stereocenters. The van der Waals surface area contributed by atoms with Crippen LogP contribution in [0, 0.1) is 0 Å². The smallest absolute Gasteiger partial charge is 0.161 e. The molecule has 3 aromatic carbocycles. The first kappa shape index (κ1) is 24.9. The average molecular weight is 478 g/mol. The molecule has 1 aliphatic heterocycles. The third-order valence-corrected chi connectivity index (χ3v) is 6.49. The minimum absolute atomic E-state index is 0.0418. The molecule has 0 amide bonds. The van der Waals surface area contributed by atoms with Crippen LogP contribution in [0.3, 0.4) is 0 Å². The first-order valence-corrected chi connectivity index (χ1v) is 12.0. The van der Waals surface area contributed by atoms with Gasteiger partial charge in [-0.25, -0.2) is 0 Å². The van der Waals surface area contributed by atoms with Crippen LogP contribution >= 0.6 is 0 Å². The van der Waals surface area contributed by atoms with Gasteiger partial charge in [0, 0.05) is 13.1 Å². The largest absolute Gasteiger partial charge is 0.493 e. The predicted molar refractivity (Wildman–Crippen MR) is 137 cm³/mol. The summed E-state index contributed by atoms with van der Waals surface area (Å²) in [5.74, 6) is 3.01. The zero-order valence-electron chi connectivity index (χ0n) is 21.1. The fourth-order valence-corrected chi connectivity index (χ4v) is 4.64. The Bertz CT molecular complexity index is 1100. The van der Waals surface area contributed by atoms with Crippen LogP contribution in [-0.2, 0) is 24.3 Å². The van der Waals surface area contributed by atoms with E-state index in [1.807, 2.05) is 24.3 Å². The van der Waals surface area contributed by atoms with Crippen molar-refractivity contribution in [3.63, 3.8) is 0 Å². The molecule has 35 heavy (non-hydrogen) atoms. The van der Waals surface area contributed by atoms with E-state index in [-0.39, 0.29) is 6.10 Å². The number of ether oxygens (including phenoxy) is 5. The Hall–Kier alpha value is -3.22. The van der Waals surface area contributed by atoms with Crippen LogP contribution in [0.4, 0.5) is 0 Å². The van der Waals surface area contributed by atoms with E-state index in [2.05, 4.69) is 41.3 Å². The monoisotopic (exact) mass is 477 g/mol. The summed E-state index contributed by atoms with van der Waals surface area (Å²) in [6, 6.07) is 20.6. The molecule has 4 rings (SSSR count). The van der Waals surface area contributed by atoms with E-state index in [0.29, 0.717) is 6.61 Å². The predicted octanol–water partition coefficient (Wildman–Crippen LogP) is 5.43. The Labute approximate surface area is 208 Å². The molecule has 0 spiro atoms. The van der Waals surface area contributed by atoms with E-state index in [0.717, 1.165) is 55.5 Å². The van der Waals surface area contributed by atoms with Crippen molar-refractivity contribution < 1.29 is 23.7 Å². The van der Waals surface area contributed by atoms with Gasteiger partial charge in [-0.3, -0.25) is 4.90 Å². The van der Waals surface area contributed by atoms with Crippen molar-refractivity contribution in [2.45, 2.75) is 32.1 Å². The van der Waals surface area contributed by atoms with Gasteiger partial charge in [0.05, 0.1) is 41.2 Å². The maximum absolute atomic E-state index is 6.45. The van der Waals surface area contributed by atoms with Crippen molar-refractivity contribution in [2.24, 2.45) is 0 Å². The lowest BCUT2D eigenvalue weighted by Crippen LogP contribution is -2.35. The summed E-state index contributed by atoms with van der Waals surface area (Å²) in [5.41, 5.74) is 4.80. The van der Waals surface area contributed by atoms with Crippen LogP contribution in [0.15, 0.2) is 60.7 Å². The highest BCUT2D eigenvalue weighted by Crippen LogP contribution is 2.38. The number of hydrogen-bond acceptors (Lipinski definition) is 6. The molecule has 0 bridgehead atoms. The standard InChI is InChI=1S/C29H35NO5/c1-31-25-13-12-21(15-26(25)32-2)11-8-14-30-18-23-16-27(33-3)28(34-4)17-24(23)29(19-30)35-20-22-9-6-5-7-10-22/h5-7,9-10,12-13,15-17,29H,8,11,14,18-20H2,1-4H3. The highest BCUT2D eigenvalue weighted by Gasteiger charge is 2.28. The third kappa shape index (κ3) is 6.08. The first-order valence-electron chi connectivity index (χ1n) is 12.0. The van der Waals surface area contributed by atoms with Gasteiger partial charge in [0.15, 0.2) is 23.0 Å². The van der Waals surface area contributed by atoms with Crippen LogP contribution in [0.1, 0.15) is 34.8 Å². The summed E-state index contributed by atoms with van der Waals surface area (Å²) >= 11 is 0. The minimum Gasteiger partial charge on any atom is -0.493 e. The van der Waals surface area contributed by atoms with E-state index in [9.17, 15) is 0 Å². The van der Waals surface area contributed by atoms with E-state index in [1.54, 1.807) is 28.4 Å². The van der Waals surface area contributed by atoms with Gasteiger partial charge in [-0.1, -0.05) is 36.4 Å². The molecular formula is C29H35NO5. The Balaban J connectivity index is 1.47. The van der Waals surface area contributed by atoms with Crippen molar-refractivity contribution in [3.05, 3.63) is 82.9 Å². The third-order valence-electron chi connectivity index (χ3n) is 6.49. The molecule has 6 nitrogen and oxygen atoms in total. The lowest BCUT2D eigenvalue weighted by molar-refractivity contribution is 0.00189. The second-order valence-corrected chi connectivity index (χ2v) is 8.72. The summed E-state index contributed by atoms with van der Waals surface area (Å²) in [7, 11) is 6.68. The summed E-state index contributed by atoms with van der Waals surface area (Å²) in [6.07, 6.45) is 1.95. The lowest BCUT2D eigenvalue weighted by Gasteiger charge is -2.35. The maximum atomic E-state index is 6.45. The highest BCUT2D eigenvalue weighted by molar-refractivity contribution is 5.49. The molecule has 1 heterocycles. The van der Waals surface area contributed by atoms with Gasteiger partial charge in [-0.15, -0.1) is 0 Å². The van der Waals surface area contributed by atoms with Crippen molar-refractivity contribution in [1.82, 2.24) is 4.90 Å². The highest BCUT2D eigenvalue weighted by atomic mass is 16.5. The minimum atomic E-state index is -0.0418. The second kappa shape index (κ2) is 12.0. The molecule has 6 heteroatoms.